The molecule has 150 valence electrons. The average Bonchev–Trinajstić information content (AvgIpc) is 2.71. The van der Waals surface area contributed by atoms with Crippen molar-refractivity contribution in [2.24, 2.45) is 0 Å². The molecule has 0 aliphatic heterocycles. The fourth-order valence-electron chi connectivity index (χ4n) is 2.93. The minimum atomic E-state index is -0.312. The van der Waals surface area contributed by atoms with Gasteiger partial charge in [-0.15, -0.1) is 0 Å². The van der Waals surface area contributed by atoms with Crippen LogP contribution in [-0.2, 0) is 9.59 Å². The molecule has 0 aliphatic carbocycles. The number of hydrogen-bond donors (Lipinski definition) is 2. The maximum atomic E-state index is 13.2. The molecule has 3 rings (SSSR count). The predicted octanol–water partition coefficient (Wildman–Crippen LogP) is 1.96. The first-order chi connectivity index (χ1) is 13.9. The Kier molecular flexibility index (Phi) is 6.33. The van der Waals surface area contributed by atoms with Gasteiger partial charge in [-0.25, -0.2) is 4.98 Å². The number of nitrogens with one attached hydrogen (secondary N) is 2. The fourth-order valence-corrected chi connectivity index (χ4v) is 3.76. The summed E-state index contributed by atoms with van der Waals surface area (Å²) in [6, 6.07) is 13.0. The zero-order chi connectivity index (χ0) is 21.0. The minimum absolute atomic E-state index is 0.0344. The topological polar surface area (TPSA) is 93.1 Å². The van der Waals surface area contributed by atoms with Gasteiger partial charge in [0.05, 0.1) is 28.9 Å². The summed E-state index contributed by atoms with van der Waals surface area (Å²) in [6.45, 7) is 3.84. The molecule has 3 aromatic rings. The molecule has 8 heteroatoms. The number of fused-ring (bicyclic) bond motifs is 1. The largest absolute Gasteiger partial charge is 0.358 e. The quantitative estimate of drug-likeness (QED) is 0.479. The van der Waals surface area contributed by atoms with Gasteiger partial charge in [-0.05, 0) is 37.6 Å². The fraction of sp³-hybridized carbons (Fsp3) is 0.238. The number of carbonyl (C=O) groups excluding carboxylic acids is 2. The van der Waals surface area contributed by atoms with Gasteiger partial charge >= 0.3 is 0 Å². The van der Waals surface area contributed by atoms with Crippen LogP contribution in [0.5, 0.6) is 0 Å². The maximum absolute atomic E-state index is 13.2. The molecule has 7 nitrogen and oxygen atoms in total. The van der Waals surface area contributed by atoms with Crippen molar-refractivity contribution < 1.29 is 9.59 Å². The Morgan fingerprint density at radius 2 is 1.86 bits per heavy atom. The summed E-state index contributed by atoms with van der Waals surface area (Å²) in [7, 11) is 1.50. The zero-order valence-electron chi connectivity index (χ0n) is 16.5. The van der Waals surface area contributed by atoms with E-state index >= 15 is 0 Å². The Morgan fingerprint density at radius 1 is 1.10 bits per heavy atom. The predicted molar refractivity (Wildman–Crippen MR) is 115 cm³/mol. The van der Waals surface area contributed by atoms with E-state index in [0.29, 0.717) is 16.1 Å². The lowest BCUT2D eigenvalue weighted by atomic mass is 10.1. The molecule has 1 heterocycles. The molecule has 29 heavy (non-hydrogen) atoms. The molecule has 0 saturated carbocycles. The monoisotopic (exact) mass is 410 g/mol. The van der Waals surface area contributed by atoms with Crippen LogP contribution in [0.15, 0.2) is 52.4 Å². The van der Waals surface area contributed by atoms with Crippen molar-refractivity contribution in [1.29, 1.82) is 0 Å². The van der Waals surface area contributed by atoms with Crippen molar-refractivity contribution in [2.45, 2.75) is 19.0 Å². The van der Waals surface area contributed by atoms with Crippen LogP contribution >= 0.6 is 11.8 Å². The van der Waals surface area contributed by atoms with Crippen LogP contribution in [0.1, 0.15) is 11.1 Å². The number of carbonyl (C=O) groups is 2. The molecule has 0 fully saturated rings. The van der Waals surface area contributed by atoms with Gasteiger partial charge in [0.2, 0.25) is 11.8 Å². The number of thioether (sulfide) groups is 1. The van der Waals surface area contributed by atoms with E-state index in [-0.39, 0.29) is 29.7 Å². The van der Waals surface area contributed by atoms with E-state index in [9.17, 15) is 14.4 Å². The van der Waals surface area contributed by atoms with E-state index in [4.69, 9.17) is 0 Å². The SMILES string of the molecule is CNC(=O)CNC(=O)CSc1nc2ccccc2c(=O)n1-c1ccc(C)cc1C. The van der Waals surface area contributed by atoms with Crippen LogP contribution in [0.3, 0.4) is 0 Å². The summed E-state index contributed by atoms with van der Waals surface area (Å²) < 4.78 is 1.55. The smallest absolute Gasteiger partial charge is 0.266 e. The minimum Gasteiger partial charge on any atom is -0.358 e. The number of aromatic nitrogens is 2. The molecule has 0 saturated heterocycles. The normalized spacial score (nSPS) is 10.7. The van der Waals surface area contributed by atoms with Crippen molar-refractivity contribution in [3.8, 4) is 5.69 Å². The molecule has 2 aromatic carbocycles. The number of para-hydroxylation sites is 1. The Hall–Kier alpha value is -3.13. The Balaban J connectivity index is 2.00. The first kappa shape index (κ1) is 20.6. The number of amides is 2. The van der Waals surface area contributed by atoms with E-state index in [0.717, 1.165) is 28.6 Å². The van der Waals surface area contributed by atoms with Crippen molar-refractivity contribution in [1.82, 2.24) is 20.2 Å². The standard InChI is InChI=1S/C21H22N4O3S/c1-13-8-9-17(14(2)10-13)25-20(28)15-6-4-5-7-16(15)24-21(25)29-12-19(27)23-11-18(26)22-3/h4-10H,11-12H2,1-3H3,(H,22,26)(H,23,27). The van der Waals surface area contributed by atoms with E-state index in [1.165, 1.54) is 7.05 Å². The van der Waals surface area contributed by atoms with Crippen LogP contribution in [0, 0.1) is 13.8 Å². The second-order valence-corrected chi connectivity index (χ2v) is 7.52. The number of nitrogens with zero attached hydrogens (tertiary/aromatic N) is 2. The first-order valence-corrected chi connectivity index (χ1v) is 10.1. The number of rotatable bonds is 6. The number of aryl methyl sites for hydroxylation is 2. The molecule has 0 atom stereocenters. The highest BCUT2D eigenvalue weighted by molar-refractivity contribution is 7.99. The van der Waals surface area contributed by atoms with Crippen LogP contribution < -0.4 is 16.2 Å². The number of likely N-dealkylation sites (N-methyl/N-ethyl adjacent to an activating group) is 1. The summed E-state index contributed by atoms with van der Waals surface area (Å²) >= 11 is 1.16. The summed E-state index contributed by atoms with van der Waals surface area (Å²) in [5.74, 6) is -0.556. The summed E-state index contributed by atoms with van der Waals surface area (Å²) in [4.78, 5) is 41.3. The lowest BCUT2D eigenvalue weighted by Gasteiger charge is -2.15. The van der Waals surface area contributed by atoms with Crippen LogP contribution in [0.2, 0.25) is 0 Å². The van der Waals surface area contributed by atoms with Gasteiger partial charge in [-0.1, -0.05) is 41.6 Å². The van der Waals surface area contributed by atoms with Gasteiger partial charge in [-0.2, -0.15) is 0 Å². The zero-order valence-corrected chi connectivity index (χ0v) is 17.3. The van der Waals surface area contributed by atoms with Crippen LogP contribution in [0.4, 0.5) is 0 Å². The number of benzene rings is 2. The highest BCUT2D eigenvalue weighted by atomic mass is 32.2. The van der Waals surface area contributed by atoms with E-state index in [1.807, 2.05) is 38.1 Å². The van der Waals surface area contributed by atoms with Crippen LogP contribution in [0.25, 0.3) is 16.6 Å². The Bertz CT molecular complexity index is 1140. The Morgan fingerprint density at radius 3 is 2.59 bits per heavy atom. The third-order valence-corrected chi connectivity index (χ3v) is 5.33. The average molecular weight is 410 g/mol. The second-order valence-electron chi connectivity index (χ2n) is 6.58. The molecule has 1 aromatic heterocycles. The van der Waals surface area contributed by atoms with Crippen molar-refractivity contribution in [3.05, 3.63) is 63.9 Å². The van der Waals surface area contributed by atoms with E-state index in [2.05, 4.69) is 15.6 Å². The summed E-state index contributed by atoms with van der Waals surface area (Å²) in [5.41, 5.74) is 3.15. The molecular formula is C21H22N4O3S. The third-order valence-electron chi connectivity index (χ3n) is 4.40. The molecule has 0 radical (unpaired) electrons. The third kappa shape index (κ3) is 4.65. The second kappa shape index (κ2) is 8.91. The van der Waals surface area contributed by atoms with Crippen LogP contribution in [-0.4, -0.2) is 40.7 Å². The molecular weight excluding hydrogens is 388 g/mol. The maximum Gasteiger partial charge on any atom is 0.266 e. The molecule has 0 bridgehead atoms. The number of hydrogen-bond acceptors (Lipinski definition) is 5. The summed E-state index contributed by atoms with van der Waals surface area (Å²) in [6.07, 6.45) is 0. The van der Waals surface area contributed by atoms with Gasteiger partial charge in [0.1, 0.15) is 0 Å². The highest BCUT2D eigenvalue weighted by Crippen LogP contribution is 2.23. The van der Waals surface area contributed by atoms with Gasteiger partial charge < -0.3 is 10.6 Å². The first-order valence-electron chi connectivity index (χ1n) is 9.10. The molecule has 2 N–H and O–H groups in total. The van der Waals surface area contributed by atoms with Crippen molar-refractivity contribution in [2.75, 3.05) is 19.3 Å². The summed E-state index contributed by atoms with van der Waals surface area (Å²) in [5, 5.41) is 5.93. The van der Waals surface area contributed by atoms with Gasteiger partial charge in [0, 0.05) is 7.05 Å². The van der Waals surface area contributed by atoms with Gasteiger partial charge in [-0.3, -0.25) is 19.0 Å². The molecule has 0 aliphatic rings. The van der Waals surface area contributed by atoms with Gasteiger partial charge in [0.15, 0.2) is 5.16 Å². The van der Waals surface area contributed by atoms with E-state index in [1.54, 1.807) is 22.8 Å². The van der Waals surface area contributed by atoms with E-state index < -0.39 is 0 Å². The van der Waals surface area contributed by atoms with Crippen molar-refractivity contribution >= 4 is 34.5 Å². The molecule has 0 unspecified atom stereocenters. The Labute approximate surface area is 172 Å². The van der Waals surface area contributed by atoms with Crippen molar-refractivity contribution in [3.63, 3.8) is 0 Å². The lowest BCUT2D eigenvalue weighted by Crippen LogP contribution is -2.36. The molecule has 0 spiro atoms. The highest BCUT2D eigenvalue weighted by Gasteiger charge is 2.16. The lowest BCUT2D eigenvalue weighted by molar-refractivity contribution is -0.124. The molecule has 2 amide bonds. The van der Waals surface area contributed by atoms with Gasteiger partial charge in [0.25, 0.3) is 5.56 Å².